The Balaban J connectivity index is 1.66. The first-order chi connectivity index (χ1) is 13.5. The van der Waals surface area contributed by atoms with Gasteiger partial charge in [-0.15, -0.1) is 0 Å². The van der Waals surface area contributed by atoms with Crippen molar-refractivity contribution in [2.75, 3.05) is 36.9 Å². The second-order valence-electron chi connectivity index (χ2n) is 6.43. The van der Waals surface area contributed by atoms with E-state index in [1.54, 1.807) is 18.3 Å². The molecule has 1 aliphatic rings. The lowest BCUT2D eigenvalue weighted by molar-refractivity contribution is 0.000341. The Bertz CT molecular complexity index is 810. The van der Waals surface area contributed by atoms with Gasteiger partial charge in [-0.25, -0.2) is 9.78 Å². The number of ether oxygens (including phenoxy) is 2. The molecular weight excluding hydrogens is 382 g/mol. The average molecular weight is 406 g/mol. The molecule has 0 aliphatic carbocycles. The number of aromatic nitrogens is 2. The highest BCUT2D eigenvalue weighted by molar-refractivity contribution is 6.31. The standard InChI is InChI=1S/C19H24ClN5O3/c1-3-13-8-23-18(10-22-13)25-19(26)24-16-7-15(20)12(2)6-17(16)28-11-14-9-21-4-5-27-14/h6-8,10,14,21H,3-5,9,11H2,1-2H3,(H2,23,24,25,26). The van der Waals surface area contributed by atoms with Crippen LogP contribution in [0.25, 0.3) is 0 Å². The zero-order chi connectivity index (χ0) is 19.9. The van der Waals surface area contributed by atoms with Gasteiger partial charge in [0.1, 0.15) is 18.5 Å². The minimum atomic E-state index is -0.459. The fourth-order valence-corrected chi connectivity index (χ4v) is 2.82. The summed E-state index contributed by atoms with van der Waals surface area (Å²) in [6, 6.07) is 3.00. The van der Waals surface area contributed by atoms with Gasteiger partial charge < -0.3 is 20.1 Å². The highest BCUT2D eigenvalue weighted by Crippen LogP contribution is 2.31. The van der Waals surface area contributed by atoms with Crippen LogP contribution >= 0.6 is 11.6 Å². The zero-order valence-electron chi connectivity index (χ0n) is 15.9. The van der Waals surface area contributed by atoms with E-state index in [1.165, 1.54) is 6.20 Å². The third-order valence-electron chi connectivity index (χ3n) is 4.25. The van der Waals surface area contributed by atoms with Crippen molar-refractivity contribution >= 4 is 29.1 Å². The van der Waals surface area contributed by atoms with Crippen LogP contribution in [0.1, 0.15) is 18.2 Å². The van der Waals surface area contributed by atoms with Crippen molar-refractivity contribution in [2.24, 2.45) is 0 Å². The molecule has 1 atom stereocenters. The van der Waals surface area contributed by atoms with Crippen LogP contribution in [0, 0.1) is 6.92 Å². The smallest absolute Gasteiger partial charge is 0.325 e. The molecule has 9 heteroatoms. The quantitative estimate of drug-likeness (QED) is 0.683. The highest BCUT2D eigenvalue weighted by atomic mass is 35.5. The number of aryl methyl sites for hydroxylation is 2. The Morgan fingerprint density at radius 3 is 2.89 bits per heavy atom. The van der Waals surface area contributed by atoms with Crippen LogP contribution in [0.4, 0.5) is 16.3 Å². The van der Waals surface area contributed by atoms with Crippen molar-refractivity contribution in [3.8, 4) is 5.75 Å². The lowest BCUT2D eigenvalue weighted by Crippen LogP contribution is -2.41. The zero-order valence-corrected chi connectivity index (χ0v) is 16.7. The van der Waals surface area contributed by atoms with Gasteiger partial charge in [-0.3, -0.25) is 10.3 Å². The Hall–Kier alpha value is -2.42. The number of anilines is 2. The molecule has 0 radical (unpaired) electrons. The van der Waals surface area contributed by atoms with Crippen molar-refractivity contribution in [1.82, 2.24) is 15.3 Å². The minimum Gasteiger partial charge on any atom is -0.489 e. The van der Waals surface area contributed by atoms with Crippen LogP contribution in [0.2, 0.25) is 5.02 Å². The van der Waals surface area contributed by atoms with E-state index >= 15 is 0 Å². The molecule has 1 saturated heterocycles. The molecule has 1 aliphatic heterocycles. The van der Waals surface area contributed by atoms with Crippen molar-refractivity contribution < 1.29 is 14.3 Å². The van der Waals surface area contributed by atoms with Crippen molar-refractivity contribution in [3.63, 3.8) is 0 Å². The largest absolute Gasteiger partial charge is 0.489 e. The first-order valence-electron chi connectivity index (χ1n) is 9.19. The summed E-state index contributed by atoms with van der Waals surface area (Å²) in [7, 11) is 0. The predicted octanol–water partition coefficient (Wildman–Crippen LogP) is 3.01. The number of hydrogen-bond acceptors (Lipinski definition) is 6. The molecule has 28 heavy (non-hydrogen) atoms. The normalized spacial score (nSPS) is 16.5. The van der Waals surface area contributed by atoms with E-state index in [1.807, 2.05) is 13.8 Å². The second kappa shape index (κ2) is 9.68. The van der Waals surface area contributed by atoms with Crippen LogP contribution in [0.3, 0.4) is 0 Å². The Labute approximate surface area is 169 Å². The topological polar surface area (TPSA) is 97.4 Å². The van der Waals surface area contributed by atoms with Crippen LogP contribution in [-0.2, 0) is 11.2 Å². The number of halogens is 1. The third kappa shape index (κ3) is 5.54. The fraction of sp³-hybridized carbons (Fsp3) is 0.421. The van der Waals surface area contributed by atoms with E-state index in [4.69, 9.17) is 21.1 Å². The molecule has 8 nitrogen and oxygen atoms in total. The number of amides is 2. The maximum atomic E-state index is 12.4. The van der Waals surface area contributed by atoms with Gasteiger partial charge in [-0.1, -0.05) is 18.5 Å². The summed E-state index contributed by atoms with van der Waals surface area (Å²) in [5.41, 5.74) is 2.17. The SMILES string of the molecule is CCc1cnc(NC(=O)Nc2cc(Cl)c(C)cc2OCC2CNCCO2)cn1. The second-order valence-corrected chi connectivity index (χ2v) is 6.84. The summed E-state index contributed by atoms with van der Waals surface area (Å²) in [5.74, 6) is 0.885. The molecule has 2 heterocycles. The molecule has 1 aromatic carbocycles. The lowest BCUT2D eigenvalue weighted by atomic mass is 10.2. The van der Waals surface area contributed by atoms with Gasteiger partial charge >= 0.3 is 6.03 Å². The number of hydrogen-bond donors (Lipinski definition) is 3. The monoisotopic (exact) mass is 405 g/mol. The molecule has 1 unspecified atom stereocenters. The van der Waals surface area contributed by atoms with Crippen LogP contribution in [0.5, 0.6) is 5.75 Å². The number of nitrogens with zero attached hydrogens (tertiary/aromatic N) is 2. The van der Waals surface area contributed by atoms with Gasteiger partial charge in [0.25, 0.3) is 0 Å². The molecule has 2 amide bonds. The number of urea groups is 1. The van der Waals surface area contributed by atoms with Crippen molar-refractivity contribution in [2.45, 2.75) is 26.4 Å². The summed E-state index contributed by atoms with van der Waals surface area (Å²) in [5, 5.41) is 9.20. The first kappa shape index (κ1) is 20.3. The predicted molar refractivity (Wildman–Crippen MR) is 108 cm³/mol. The fourth-order valence-electron chi connectivity index (χ4n) is 2.65. The van der Waals surface area contributed by atoms with Gasteiger partial charge in [0.15, 0.2) is 5.82 Å². The van der Waals surface area contributed by atoms with Gasteiger partial charge in [0.2, 0.25) is 0 Å². The summed E-state index contributed by atoms with van der Waals surface area (Å²) >= 11 is 6.23. The van der Waals surface area contributed by atoms with Crippen molar-refractivity contribution in [3.05, 3.63) is 40.8 Å². The van der Waals surface area contributed by atoms with Crippen LogP contribution < -0.4 is 20.7 Å². The first-order valence-corrected chi connectivity index (χ1v) is 9.57. The summed E-state index contributed by atoms with van der Waals surface area (Å²) in [6.45, 7) is 6.45. The molecule has 0 bridgehead atoms. The Morgan fingerprint density at radius 2 is 2.21 bits per heavy atom. The maximum Gasteiger partial charge on any atom is 0.325 e. The van der Waals surface area contributed by atoms with E-state index in [9.17, 15) is 4.79 Å². The molecule has 2 aromatic rings. The van der Waals surface area contributed by atoms with Crippen molar-refractivity contribution in [1.29, 1.82) is 0 Å². The minimum absolute atomic E-state index is 0.0428. The Morgan fingerprint density at radius 1 is 1.36 bits per heavy atom. The molecule has 0 saturated carbocycles. The number of nitrogens with one attached hydrogen (secondary N) is 3. The van der Waals surface area contributed by atoms with Gasteiger partial charge in [0.05, 0.1) is 30.4 Å². The molecule has 0 spiro atoms. The van der Waals surface area contributed by atoms with Gasteiger partial charge in [0, 0.05) is 18.1 Å². The number of morpholine rings is 1. The van der Waals surface area contributed by atoms with Gasteiger partial charge in [-0.05, 0) is 31.0 Å². The average Bonchev–Trinajstić information content (AvgIpc) is 2.71. The third-order valence-corrected chi connectivity index (χ3v) is 4.65. The highest BCUT2D eigenvalue weighted by Gasteiger charge is 2.17. The van der Waals surface area contributed by atoms with Crippen LogP contribution in [-0.4, -0.2) is 48.4 Å². The molecular formula is C19H24ClN5O3. The molecule has 1 aromatic heterocycles. The Kier molecular flexibility index (Phi) is 7.02. The summed E-state index contributed by atoms with van der Waals surface area (Å²) in [4.78, 5) is 20.7. The maximum absolute atomic E-state index is 12.4. The molecule has 3 N–H and O–H groups in total. The van der Waals surface area contributed by atoms with E-state index in [2.05, 4.69) is 25.9 Å². The van der Waals surface area contributed by atoms with Crippen LogP contribution in [0.15, 0.2) is 24.5 Å². The summed E-state index contributed by atoms with van der Waals surface area (Å²) < 4.78 is 11.5. The van der Waals surface area contributed by atoms with E-state index in [-0.39, 0.29) is 6.10 Å². The van der Waals surface area contributed by atoms with E-state index in [0.29, 0.717) is 35.5 Å². The summed E-state index contributed by atoms with van der Waals surface area (Å²) in [6.07, 6.45) is 3.89. The van der Waals surface area contributed by atoms with E-state index < -0.39 is 6.03 Å². The molecule has 150 valence electrons. The lowest BCUT2D eigenvalue weighted by Gasteiger charge is -2.24. The number of benzene rings is 1. The number of rotatable bonds is 6. The van der Waals surface area contributed by atoms with Gasteiger partial charge in [-0.2, -0.15) is 0 Å². The molecule has 1 fully saturated rings. The molecule has 3 rings (SSSR count). The number of carbonyl (C=O) groups is 1. The van der Waals surface area contributed by atoms with E-state index in [0.717, 1.165) is 30.8 Å². The number of carbonyl (C=O) groups excluding carboxylic acids is 1.